The maximum absolute atomic E-state index is 10.6. The van der Waals surface area contributed by atoms with E-state index in [-0.39, 0.29) is 5.69 Å². The predicted molar refractivity (Wildman–Crippen MR) is 55.1 cm³/mol. The zero-order valence-corrected chi connectivity index (χ0v) is 8.75. The minimum absolute atomic E-state index is 0.157. The second-order valence-corrected chi connectivity index (χ2v) is 4.34. The molecule has 2 rings (SSSR count). The predicted octanol–water partition coefficient (Wildman–Crippen LogP) is 1.83. The first-order valence-electron chi connectivity index (χ1n) is 4.64. The second-order valence-electron chi connectivity index (χ2n) is 3.51. The van der Waals surface area contributed by atoms with Gasteiger partial charge in [0.05, 0.1) is 0 Å². The molecule has 0 radical (unpaired) electrons. The highest BCUT2D eigenvalue weighted by Gasteiger charge is 2.23. The molecule has 0 amide bonds. The van der Waals surface area contributed by atoms with Crippen molar-refractivity contribution in [3.8, 4) is 0 Å². The molecule has 0 aromatic carbocycles. The third-order valence-electron chi connectivity index (χ3n) is 2.51. The van der Waals surface area contributed by atoms with Crippen LogP contribution in [0.1, 0.15) is 30.3 Å². The van der Waals surface area contributed by atoms with Crippen molar-refractivity contribution in [2.75, 3.05) is 11.4 Å². The lowest BCUT2D eigenvalue weighted by molar-refractivity contribution is 0.0691. The third kappa shape index (κ3) is 1.59. The Bertz CT molecular complexity index is 350. The van der Waals surface area contributed by atoms with Crippen molar-refractivity contribution < 1.29 is 9.90 Å². The van der Waals surface area contributed by atoms with Crippen LogP contribution in [-0.2, 0) is 0 Å². The van der Waals surface area contributed by atoms with Gasteiger partial charge in [-0.2, -0.15) is 0 Å². The highest BCUT2D eigenvalue weighted by Crippen LogP contribution is 2.28. The SMILES string of the molecule is CC1CCCN1c1nc(C(=O)O)cs1. The zero-order valence-electron chi connectivity index (χ0n) is 7.93. The molecule has 0 saturated carbocycles. The van der Waals surface area contributed by atoms with Gasteiger partial charge in [-0.15, -0.1) is 11.3 Å². The third-order valence-corrected chi connectivity index (χ3v) is 3.39. The first-order chi connectivity index (χ1) is 6.68. The van der Waals surface area contributed by atoms with Crippen LogP contribution in [-0.4, -0.2) is 28.6 Å². The summed E-state index contributed by atoms with van der Waals surface area (Å²) < 4.78 is 0. The molecule has 1 fully saturated rings. The summed E-state index contributed by atoms with van der Waals surface area (Å²) in [6.45, 7) is 3.14. The molecule has 4 nitrogen and oxygen atoms in total. The zero-order chi connectivity index (χ0) is 10.1. The lowest BCUT2D eigenvalue weighted by Gasteiger charge is -2.19. The summed E-state index contributed by atoms with van der Waals surface area (Å²) in [6.07, 6.45) is 2.34. The Labute approximate surface area is 86.2 Å². The Hall–Kier alpha value is -1.10. The number of hydrogen-bond donors (Lipinski definition) is 1. The van der Waals surface area contributed by atoms with Crippen LogP contribution >= 0.6 is 11.3 Å². The van der Waals surface area contributed by atoms with Gasteiger partial charge in [0.15, 0.2) is 10.8 Å². The van der Waals surface area contributed by atoms with Crippen molar-refractivity contribution >= 4 is 22.4 Å². The molecule has 0 bridgehead atoms. The summed E-state index contributed by atoms with van der Waals surface area (Å²) in [4.78, 5) is 16.9. The lowest BCUT2D eigenvalue weighted by Crippen LogP contribution is -2.26. The number of nitrogens with zero attached hydrogens (tertiary/aromatic N) is 2. The van der Waals surface area contributed by atoms with Crippen LogP contribution in [0, 0.1) is 0 Å². The van der Waals surface area contributed by atoms with E-state index in [9.17, 15) is 4.79 Å². The van der Waals surface area contributed by atoms with E-state index in [1.54, 1.807) is 5.38 Å². The van der Waals surface area contributed by atoms with Crippen LogP contribution < -0.4 is 4.90 Å². The van der Waals surface area contributed by atoms with E-state index in [4.69, 9.17) is 5.11 Å². The second kappa shape index (κ2) is 3.57. The Balaban J connectivity index is 2.20. The van der Waals surface area contributed by atoms with Gasteiger partial charge in [-0.1, -0.05) is 0 Å². The van der Waals surface area contributed by atoms with Gasteiger partial charge >= 0.3 is 5.97 Å². The molecular formula is C9H12N2O2S. The smallest absolute Gasteiger partial charge is 0.355 e. The van der Waals surface area contributed by atoms with E-state index in [1.165, 1.54) is 24.2 Å². The first kappa shape index (κ1) is 9.45. The van der Waals surface area contributed by atoms with Crippen LogP contribution in [0.2, 0.25) is 0 Å². The lowest BCUT2D eigenvalue weighted by atomic mass is 10.2. The summed E-state index contributed by atoms with van der Waals surface area (Å²) in [6, 6.07) is 0.489. The van der Waals surface area contributed by atoms with Gasteiger partial charge in [0.2, 0.25) is 0 Å². The van der Waals surface area contributed by atoms with Crippen molar-refractivity contribution in [1.82, 2.24) is 4.98 Å². The van der Waals surface area contributed by atoms with Gasteiger partial charge in [0.25, 0.3) is 0 Å². The molecule has 5 heteroatoms. The number of carboxylic acids is 1. The number of rotatable bonds is 2. The van der Waals surface area contributed by atoms with Gasteiger partial charge in [0.1, 0.15) is 0 Å². The van der Waals surface area contributed by atoms with E-state index in [0.717, 1.165) is 11.7 Å². The molecule has 1 N–H and O–H groups in total. The van der Waals surface area contributed by atoms with E-state index < -0.39 is 5.97 Å². The quantitative estimate of drug-likeness (QED) is 0.812. The molecule has 2 heterocycles. The number of carboxylic acid groups (broad SMARTS) is 1. The van der Waals surface area contributed by atoms with Gasteiger partial charge in [-0.25, -0.2) is 9.78 Å². The topological polar surface area (TPSA) is 53.4 Å². The van der Waals surface area contributed by atoms with Crippen LogP contribution in [0.25, 0.3) is 0 Å². The van der Waals surface area contributed by atoms with Crippen molar-refractivity contribution in [3.05, 3.63) is 11.1 Å². The maximum Gasteiger partial charge on any atom is 0.355 e. The minimum Gasteiger partial charge on any atom is -0.476 e. The van der Waals surface area contributed by atoms with Gasteiger partial charge in [-0.05, 0) is 19.8 Å². The first-order valence-corrected chi connectivity index (χ1v) is 5.52. The molecule has 1 aromatic rings. The van der Waals surface area contributed by atoms with E-state index in [2.05, 4.69) is 16.8 Å². The molecule has 0 spiro atoms. The van der Waals surface area contributed by atoms with Crippen molar-refractivity contribution in [2.45, 2.75) is 25.8 Å². The van der Waals surface area contributed by atoms with E-state index in [0.29, 0.717) is 6.04 Å². The van der Waals surface area contributed by atoms with Crippen LogP contribution in [0.5, 0.6) is 0 Å². The normalized spacial score (nSPS) is 21.5. The standard InChI is InChI=1S/C9H12N2O2S/c1-6-3-2-4-11(6)9-10-7(5-14-9)8(12)13/h5-6H,2-4H2,1H3,(H,12,13). The fourth-order valence-electron chi connectivity index (χ4n) is 1.71. The molecule has 1 aromatic heterocycles. The fraction of sp³-hybridized carbons (Fsp3) is 0.556. The summed E-state index contributed by atoms with van der Waals surface area (Å²) >= 11 is 1.41. The monoisotopic (exact) mass is 212 g/mol. The maximum atomic E-state index is 10.6. The highest BCUT2D eigenvalue weighted by atomic mass is 32.1. The van der Waals surface area contributed by atoms with Crippen LogP contribution in [0.15, 0.2) is 5.38 Å². The van der Waals surface area contributed by atoms with Gasteiger partial charge in [-0.3, -0.25) is 0 Å². The average Bonchev–Trinajstić information content (AvgIpc) is 2.71. The molecule has 1 aliphatic rings. The van der Waals surface area contributed by atoms with Crippen LogP contribution in [0.4, 0.5) is 5.13 Å². The minimum atomic E-state index is -0.945. The van der Waals surface area contributed by atoms with Crippen molar-refractivity contribution in [1.29, 1.82) is 0 Å². The Morgan fingerprint density at radius 2 is 2.57 bits per heavy atom. The molecule has 14 heavy (non-hydrogen) atoms. The Morgan fingerprint density at radius 1 is 1.79 bits per heavy atom. The molecule has 1 atom stereocenters. The largest absolute Gasteiger partial charge is 0.476 e. The number of thiazole rings is 1. The van der Waals surface area contributed by atoms with E-state index >= 15 is 0 Å². The van der Waals surface area contributed by atoms with Crippen LogP contribution in [0.3, 0.4) is 0 Å². The molecule has 1 aliphatic heterocycles. The summed E-state index contributed by atoms with van der Waals surface area (Å²) in [5, 5.41) is 11.2. The Morgan fingerprint density at radius 3 is 3.07 bits per heavy atom. The molecule has 1 saturated heterocycles. The molecule has 1 unspecified atom stereocenters. The van der Waals surface area contributed by atoms with Crippen molar-refractivity contribution in [2.24, 2.45) is 0 Å². The number of aromatic nitrogens is 1. The van der Waals surface area contributed by atoms with Gasteiger partial charge < -0.3 is 10.0 Å². The Kier molecular flexibility index (Phi) is 2.41. The number of aromatic carboxylic acids is 1. The molecular weight excluding hydrogens is 200 g/mol. The summed E-state index contributed by atoms with van der Waals surface area (Å²) in [7, 11) is 0. The number of carbonyl (C=O) groups is 1. The fourth-order valence-corrected chi connectivity index (χ4v) is 2.64. The van der Waals surface area contributed by atoms with Crippen molar-refractivity contribution in [3.63, 3.8) is 0 Å². The molecule has 0 aliphatic carbocycles. The number of hydrogen-bond acceptors (Lipinski definition) is 4. The molecule has 76 valence electrons. The summed E-state index contributed by atoms with van der Waals surface area (Å²) in [5.41, 5.74) is 0.157. The average molecular weight is 212 g/mol. The number of anilines is 1. The summed E-state index contributed by atoms with van der Waals surface area (Å²) in [5.74, 6) is -0.945. The highest BCUT2D eigenvalue weighted by molar-refractivity contribution is 7.13. The van der Waals surface area contributed by atoms with E-state index in [1.807, 2.05) is 0 Å². The van der Waals surface area contributed by atoms with Gasteiger partial charge in [0, 0.05) is 18.0 Å².